The van der Waals surface area contributed by atoms with Crippen molar-refractivity contribution in [3.8, 4) is 17.3 Å². The van der Waals surface area contributed by atoms with Crippen LogP contribution in [0.25, 0.3) is 33.5 Å². The molecule has 2 N–H and O–H groups in total. The number of hydrogen-bond donors (Lipinski definition) is 1. The number of nitrogens with zero attached hydrogens (tertiary/aromatic N) is 6. The fourth-order valence-electron chi connectivity index (χ4n) is 5.65. The van der Waals surface area contributed by atoms with Crippen LogP contribution in [0.2, 0.25) is 0 Å². The van der Waals surface area contributed by atoms with Crippen LogP contribution in [-0.4, -0.2) is 60.9 Å². The van der Waals surface area contributed by atoms with Crippen molar-refractivity contribution in [2.75, 3.05) is 19.7 Å². The zero-order valence-electron chi connectivity index (χ0n) is 20.4. The molecule has 37 heavy (non-hydrogen) atoms. The number of nitrogens with two attached hydrogens (primary N) is 1. The zero-order chi connectivity index (χ0) is 24.9. The Morgan fingerprint density at radius 1 is 1.11 bits per heavy atom. The maximum atomic E-state index is 13.4. The molecule has 9 nitrogen and oxygen atoms in total. The molecular formula is C28H27N7O2. The van der Waals surface area contributed by atoms with Gasteiger partial charge in [0.15, 0.2) is 5.82 Å². The number of rotatable bonds is 4. The second kappa shape index (κ2) is 8.70. The van der Waals surface area contributed by atoms with Crippen LogP contribution in [0.15, 0.2) is 60.8 Å². The number of ether oxygens (including phenoxy) is 1. The minimum atomic E-state index is -0.0182. The minimum Gasteiger partial charge on any atom is -0.489 e. The molecule has 2 aliphatic heterocycles. The number of carbonyl (C=O) groups is 1. The van der Waals surface area contributed by atoms with Gasteiger partial charge in [0.1, 0.15) is 17.9 Å². The molecule has 1 saturated heterocycles. The van der Waals surface area contributed by atoms with E-state index in [1.165, 1.54) is 0 Å². The molecule has 7 rings (SSSR count). The molecule has 0 radical (unpaired) electrons. The van der Waals surface area contributed by atoms with Crippen LogP contribution in [0.3, 0.4) is 0 Å². The Hall–Kier alpha value is -4.24. The van der Waals surface area contributed by atoms with E-state index < -0.39 is 0 Å². The Morgan fingerprint density at radius 3 is 2.89 bits per heavy atom. The van der Waals surface area contributed by atoms with Crippen molar-refractivity contribution in [2.45, 2.75) is 32.0 Å². The van der Waals surface area contributed by atoms with Crippen molar-refractivity contribution in [1.29, 1.82) is 0 Å². The first-order chi connectivity index (χ1) is 18.2. The van der Waals surface area contributed by atoms with Crippen LogP contribution < -0.4 is 10.5 Å². The molecule has 9 heteroatoms. The predicted molar refractivity (Wildman–Crippen MR) is 140 cm³/mol. The molecule has 1 fully saturated rings. The van der Waals surface area contributed by atoms with E-state index in [2.05, 4.69) is 37.5 Å². The Bertz CT molecular complexity index is 1640. The van der Waals surface area contributed by atoms with Crippen molar-refractivity contribution in [1.82, 2.24) is 29.2 Å². The van der Waals surface area contributed by atoms with Gasteiger partial charge in [0, 0.05) is 41.8 Å². The van der Waals surface area contributed by atoms with Crippen molar-refractivity contribution in [2.24, 2.45) is 5.73 Å². The number of aromatic nitrogens is 5. The van der Waals surface area contributed by atoms with Gasteiger partial charge in [0.2, 0.25) is 0 Å². The van der Waals surface area contributed by atoms with E-state index >= 15 is 0 Å². The van der Waals surface area contributed by atoms with E-state index in [1.807, 2.05) is 41.3 Å². The third-order valence-corrected chi connectivity index (χ3v) is 7.36. The first-order valence-electron chi connectivity index (χ1n) is 12.7. The molecule has 2 aromatic carbocycles. The Morgan fingerprint density at radius 2 is 2.03 bits per heavy atom. The fourth-order valence-corrected chi connectivity index (χ4v) is 5.65. The SMILES string of the molecule is N[C@@H]1CCCN(C(=O)c2cc3c4c(c2)nc(-c2cc5ccccc5n2Cc2cccnn2)n4CCO3)C1. The summed E-state index contributed by atoms with van der Waals surface area (Å²) in [7, 11) is 0. The largest absolute Gasteiger partial charge is 0.489 e. The average Bonchev–Trinajstić information content (AvgIpc) is 3.48. The summed E-state index contributed by atoms with van der Waals surface area (Å²) in [4.78, 5) is 20.3. The number of benzene rings is 2. The molecule has 0 spiro atoms. The molecule has 0 bridgehead atoms. The number of hydrogen-bond acceptors (Lipinski definition) is 6. The molecule has 5 aromatic rings. The third kappa shape index (κ3) is 3.74. The van der Waals surface area contributed by atoms with Crippen LogP contribution in [0.5, 0.6) is 5.75 Å². The summed E-state index contributed by atoms with van der Waals surface area (Å²) in [5.74, 6) is 1.53. The first-order valence-corrected chi connectivity index (χ1v) is 12.7. The standard InChI is InChI=1S/C28H27N7O2/c29-20-6-4-10-33(16-20)28(36)19-13-22-26-25(15-19)37-12-11-34(26)27(31-22)24-14-18-5-1-2-8-23(18)35(24)17-21-7-3-9-30-32-21/h1-3,5,7-9,13-15,20H,4,6,10-12,16-17,29H2/t20-/m1/s1. The Labute approximate surface area is 213 Å². The summed E-state index contributed by atoms with van der Waals surface area (Å²) in [6.45, 7) is 3.07. The molecule has 3 aromatic heterocycles. The van der Waals surface area contributed by atoms with E-state index in [9.17, 15) is 4.79 Å². The summed E-state index contributed by atoms with van der Waals surface area (Å²) in [5.41, 5.74) is 11.4. The monoisotopic (exact) mass is 493 g/mol. The van der Waals surface area contributed by atoms with Gasteiger partial charge < -0.3 is 24.5 Å². The van der Waals surface area contributed by atoms with Crippen molar-refractivity contribution >= 4 is 27.8 Å². The van der Waals surface area contributed by atoms with Gasteiger partial charge in [0.05, 0.1) is 30.0 Å². The maximum Gasteiger partial charge on any atom is 0.254 e. The molecule has 2 aliphatic rings. The normalized spacial score (nSPS) is 17.3. The molecule has 0 aliphatic carbocycles. The van der Waals surface area contributed by atoms with Crippen LogP contribution in [0.1, 0.15) is 28.9 Å². The van der Waals surface area contributed by atoms with E-state index in [0.717, 1.165) is 58.5 Å². The summed E-state index contributed by atoms with van der Waals surface area (Å²) in [5, 5.41) is 9.51. The fraction of sp³-hybridized carbons (Fsp3) is 0.286. The quantitative estimate of drug-likeness (QED) is 0.411. The predicted octanol–water partition coefficient (Wildman–Crippen LogP) is 3.45. The highest BCUT2D eigenvalue weighted by Gasteiger charge is 2.27. The molecule has 1 amide bonds. The maximum absolute atomic E-state index is 13.4. The van der Waals surface area contributed by atoms with E-state index in [4.69, 9.17) is 15.5 Å². The van der Waals surface area contributed by atoms with Crippen LogP contribution >= 0.6 is 0 Å². The van der Waals surface area contributed by atoms with Crippen LogP contribution in [0.4, 0.5) is 0 Å². The molecular weight excluding hydrogens is 466 g/mol. The number of likely N-dealkylation sites (tertiary alicyclic amines) is 1. The van der Waals surface area contributed by atoms with Crippen molar-refractivity contribution in [3.05, 3.63) is 72.1 Å². The van der Waals surface area contributed by atoms with Gasteiger partial charge in [-0.25, -0.2) is 4.98 Å². The molecule has 5 heterocycles. The Kier molecular flexibility index (Phi) is 5.17. The van der Waals surface area contributed by atoms with E-state index in [1.54, 1.807) is 6.20 Å². The van der Waals surface area contributed by atoms with Crippen molar-refractivity contribution < 1.29 is 9.53 Å². The number of piperidine rings is 1. The van der Waals surface area contributed by atoms with Gasteiger partial charge in [-0.1, -0.05) is 18.2 Å². The van der Waals surface area contributed by atoms with Gasteiger partial charge in [-0.05, 0) is 49.2 Å². The van der Waals surface area contributed by atoms with Gasteiger partial charge >= 0.3 is 0 Å². The van der Waals surface area contributed by atoms with E-state index in [0.29, 0.717) is 37.6 Å². The number of carbonyl (C=O) groups excluding carboxylic acids is 1. The second-order valence-electron chi connectivity index (χ2n) is 9.82. The first kappa shape index (κ1) is 22.0. The highest BCUT2D eigenvalue weighted by molar-refractivity contribution is 6.00. The van der Waals surface area contributed by atoms with Gasteiger partial charge in [-0.3, -0.25) is 4.79 Å². The van der Waals surface area contributed by atoms with Gasteiger partial charge in [-0.15, -0.1) is 0 Å². The zero-order valence-corrected chi connectivity index (χ0v) is 20.4. The lowest BCUT2D eigenvalue weighted by Crippen LogP contribution is -2.45. The van der Waals surface area contributed by atoms with Gasteiger partial charge in [0.25, 0.3) is 5.91 Å². The lowest BCUT2D eigenvalue weighted by atomic mass is 10.0. The molecule has 1 atom stereocenters. The van der Waals surface area contributed by atoms with Crippen molar-refractivity contribution in [3.63, 3.8) is 0 Å². The Balaban J connectivity index is 1.37. The molecule has 0 saturated carbocycles. The average molecular weight is 494 g/mol. The van der Waals surface area contributed by atoms with Crippen LogP contribution in [0, 0.1) is 0 Å². The second-order valence-corrected chi connectivity index (χ2v) is 9.82. The van der Waals surface area contributed by atoms with Crippen LogP contribution in [-0.2, 0) is 13.1 Å². The molecule has 0 unspecified atom stereocenters. The number of amides is 1. The van der Waals surface area contributed by atoms with Gasteiger partial charge in [-0.2, -0.15) is 10.2 Å². The summed E-state index contributed by atoms with van der Waals surface area (Å²) in [6.07, 6.45) is 3.56. The summed E-state index contributed by atoms with van der Waals surface area (Å²) in [6, 6.07) is 18.1. The third-order valence-electron chi connectivity index (χ3n) is 7.36. The highest BCUT2D eigenvalue weighted by atomic mass is 16.5. The lowest BCUT2D eigenvalue weighted by molar-refractivity contribution is 0.0708. The highest BCUT2D eigenvalue weighted by Crippen LogP contribution is 2.37. The number of para-hydroxylation sites is 1. The van der Waals surface area contributed by atoms with E-state index in [-0.39, 0.29) is 11.9 Å². The topological polar surface area (TPSA) is 104 Å². The smallest absolute Gasteiger partial charge is 0.254 e. The summed E-state index contributed by atoms with van der Waals surface area (Å²) < 4.78 is 10.5. The molecule has 186 valence electrons. The minimum absolute atomic E-state index is 0.0182. The number of fused-ring (bicyclic) bond motifs is 1. The summed E-state index contributed by atoms with van der Waals surface area (Å²) >= 11 is 0. The lowest BCUT2D eigenvalue weighted by Gasteiger charge is -2.31. The number of imidazole rings is 1.